The summed E-state index contributed by atoms with van der Waals surface area (Å²) >= 11 is 3.74. The summed E-state index contributed by atoms with van der Waals surface area (Å²) in [6.45, 7) is 0. The first-order valence-electron chi connectivity index (χ1n) is 5.95. The zero-order valence-electron chi connectivity index (χ0n) is 9.72. The van der Waals surface area contributed by atoms with Gasteiger partial charge in [-0.05, 0) is 37.0 Å². The smallest absolute Gasteiger partial charge is 0.0403 e. The number of alkyl halides is 1. The minimum atomic E-state index is 0.451. The van der Waals surface area contributed by atoms with Crippen molar-refractivity contribution in [2.45, 2.75) is 24.1 Å². The van der Waals surface area contributed by atoms with Crippen molar-refractivity contribution in [2.75, 3.05) is 0 Å². The molecule has 0 amide bonds. The minimum absolute atomic E-state index is 0.451. The normalized spacial score (nSPS) is 12.3. The van der Waals surface area contributed by atoms with E-state index < -0.39 is 0 Å². The Balaban J connectivity index is 1.79. The average molecular weight is 290 g/mol. The summed E-state index contributed by atoms with van der Waals surface area (Å²) < 4.78 is 0. The zero-order chi connectivity index (χ0) is 11.9. The first-order valence-corrected chi connectivity index (χ1v) is 6.87. The summed E-state index contributed by atoms with van der Waals surface area (Å²) in [5.41, 5.74) is 2.54. The van der Waals surface area contributed by atoms with Gasteiger partial charge in [-0.1, -0.05) is 52.3 Å². The molecule has 0 N–H and O–H groups in total. The highest BCUT2D eigenvalue weighted by Gasteiger charge is 2.06. The first kappa shape index (κ1) is 12.3. The largest absolute Gasteiger partial charge is 0.261 e. The lowest BCUT2D eigenvalue weighted by Crippen LogP contribution is -1.93. The van der Waals surface area contributed by atoms with Gasteiger partial charge in [0.15, 0.2) is 0 Å². The Hall–Kier alpha value is -1.15. The number of aryl methyl sites for hydroxylation is 1. The van der Waals surface area contributed by atoms with E-state index in [-0.39, 0.29) is 0 Å². The van der Waals surface area contributed by atoms with Gasteiger partial charge in [-0.15, -0.1) is 0 Å². The molecule has 1 aromatic heterocycles. The minimum Gasteiger partial charge on any atom is -0.261 e. The van der Waals surface area contributed by atoms with Gasteiger partial charge < -0.3 is 0 Å². The summed E-state index contributed by atoms with van der Waals surface area (Å²) in [7, 11) is 0. The fraction of sp³-hybridized carbons (Fsp3) is 0.267. The second-order valence-electron chi connectivity index (χ2n) is 4.09. The van der Waals surface area contributed by atoms with E-state index in [1.165, 1.54) is 11.3 Å². The van der Waals surface area contributed by atoms with E-state index in [0.717, 1.165) is 19.3 Å². The fourth-order valence-electron chi connectivity index (χ4n) is 1.84. The van der Waals surface area contributed by atoms with Crippen LogP contribution >= 0.6 is 15.9 Å². The third kappa shape index (κ3) is 3.97. The molecule has 0 aliphatic carbocycles. The summed E-state index contributed by atoms with van der Waals surface area (Å²) in [6.07, 6.45) is 5.20. The molecule has 0 fully saturated rings. The van der Waals surface area contributed by atoms with Crippen molar-refractivity contribution in [3.8, 4) is 0 Å². The summed E-state index contributed by atoms with van der Waals surface area (Å²) in [4.78, 5) is 4.78. The number of aromatic nitrogens is 1. The van der Waals surface area contributed by atoms with Crippen LogP contribution in [0.25, 0.3) is 0 Å². The molecule has 1 aromatic carbocycles. The van der Waals surface area contributed by atoms with Crippen molar-refractivity contribution in [2.24, 2.45) is 0 Å². The van der Waals surface area contributed by atoms with E-state index >= 15 is 0 Å². The quantitative estimate of drug-likeness (QED) is 0.737. The van der Waals surface area contributed by atoms with Gasteiger partial charge >= 0.3 is 0 Å². The third-order valence-electron chi connectivity index (χ3n) is 2.78. The highest BCUT2D eigenvalue weighted by Crippen LogP contribution is 2.27. The maximum absolute atomic E-state index is 4.33. The van der Waals surface area contributed by atoms with Gasteiger partial charge in [-0.3, -0.25) is 4.98 Å². The maximum atomic E-state index is 4.33. The molecule has 1 heterocycles. The van der Waals surface area contributed by atoms with E-state index in [1.54, 1.807) is 0 Å². The Kier molecular flexibility index (Phi) is 4.75. The van der Waals surface area contributed by atoms with Crippen molar-refractivity contribution in [1.29, 1.82) is 0 Å². The third-order valence-corrected chi connectivity index (χ3v) is 3.76. The van der Waals surface area contributed by atoms with Crippen LogP contribution in [-0.2, 0) is 6.42 Å². The highest BCUT2D eigenvalue weighted by molar-refractivity contribution is 9.09. The molecule has 0 saturated heterocycles. The molecule has 0 bridgehead atoms. The van der Waals surface area contributed by atoms with Gasteiger partial charge in [0, 0.05) is 16.7 Å². The van der Waals surface area contributed by atoms with Gasteiger partial charge in [0.05, 0.1) is 0 Å². The van der Waals surface area contributed by atoms with Gasteiger partial charge in [0.1, 0.15) is 0 Å². The number of pyridine rings is 1. The van der Waals surface area contributed by atoms with Crippen LogP contribution in [0.15, 0.2) is 54.7 Å². The molecule has 2 aromatic rings. The van der Waals surface area contributed by atoms with Crippen LogP contribution in [0.4, 0.5) is 0 Å². The van der Waals surface area contributed by atoms with Crippen molar-refractivity contribution in [1.82, 2.24) is 4.98 Å². The molecule has 2 heteroatoms. The molecule has 88 valence electrons. The van der Waals surface area contributed by atoms with Crippen molar-refractivity contribution < 1.29 is 0 Å². The number of nitrogens with zero attached hydrogens (tertiary/aromatic N) is 1. The number of rotatable bonds is 5. The fourth-order valence-corrected chi connectivity index (χ4v) is 2.47. The predicted molar refractivity (Wildman–Crippen MR) is 75.3 cm³/mol. The van der Waals surface area contributed by atoms with E-state index in [4.69, 9.17) is 0 Å². The van der Waals surface area contributed by atoms with Crippen LogP contribution in [0.1, 0.15) is 28.9 Å². The molecular weight excluding hydrogens is 274 g/mol. The molecule has 1 nitrogen and oxygen atoms in total. The molecule has 1 unspecified atom stereocenters. The molecule has 0 saturated carbocycles. The van der Waals surface area contributed by atoms with E-state index in [1.807, 2.05) is 18.3 Å². The van der Waals surface area contributed by atoms with E-state index in [9.17, 15) is 0 Å². The van der Waals surface area contributed by atoms with Gasteiger partial charge in [0.2, 0.25) is 0 Å². The van der Waals surface area contributed by atoms with Crippen LogP contribution in [0.2, 0.25) is 0 Å². The molecule has 0 aliphatic rings. The maximum Gasteiger partial charge on any atom is 0.0403 e. The Morgan fingerprint density at radius 3 is 2.47 bits per heavy atom. The number of halogens is 1. The predicted octanol–water partition coefficient (Wildman–Crippen LogP) is 4.54. The molecule has 17 heavy (non-hydrogen) atoms. The summed E-state index contributed by atoms with van der Waals surface area (Å²) in [6, 6.07) is 16.7. The Morgan fingerprint density at radius 1 is 1.00 bits per heavy atom. The SMILES string of the molecule is BrC(CCCc1ccccn1)c1ccccc1. The molecule has 0 aliphatic heterocycles. The van der Waals surface area contributed by atoms with Gasteiger partial charge in [-0.2, -0.15) is 0 Å². The van der Waals surface area contributed by atoms with Gasteiger partial charge in [0.25, 0.3) is 0 Å². The highest BCUT2D eigenvalue weighted by atomic mass is 79.9. The topological polar surface area (TPSA) is 12.9 Å². The molecule has 0 spiro atoms. The van der Waals surface area contributed by atoms with Crippen LogP contribution in [0, 0.1) is 0 Å². The Labute approximate surface area is 111 Å². The van der Waals surface area contributed by atoms with Gasteiger partial charge in [-0.25, -0.2) is 0 Å². The lowest BCUT2D eigenvalue weighted by atomic mass is 10.1. The second-order valence-corrected chi connectivity index (χ2v) is 5.20. The Bertz CT molecular complexity index is 427. The van der Waals surface area contributed by atoms with E-state index in [0.29, 0.717) is 4.83 Å². The monoisotopic (exact) mass is 289 g/mol. The van der Waals surface area contributed by atoms with Crippen LogP contribution in [-0.4, -0.2) is 4.98 Å². The molecule has 2 rings (SSSR count). The summed E-state index contributed by atoms with van der Waals surface area (Å²) in [5, 5.41) is 0. The average Bonchev–Trinajstić information content (AvgIpc) is 2.41. The van der Waals surface area contributed by atoms with Crippen LogP contribution in [0.5, 0.6) is 0 Å². The standard InChI is InChI=1S/C15H16BrN/c16-15(13-7-2-1-3-8-13)11-6-10-14-9-4-5-12-17-14/h1-5,7-9,12,15H,6,10-11H2. The van der Waals surface area contributed by atoms with Crippen LogP contribution < -0.4 is 0 Å². The van der Waals surface area contributed by atoms with E-state index in [2.05, 4.69) is 57.3 Å². The molecular formula is C15H16BrN. The van der Waals surface area contributed by atoms with Crippen molar-refractivity contribution >= 4 is 15.9 Å². The number of benzene rings is 1. The molecule has 0 radical (unpaired) electrons. The zero-order valence-corrected chi connectivity index (χ0v) is 11.3. The summed E-state index contributed by atoms with van der Waals surface area (Å²) in [5.74, 6) is 0. The van der Waals surface area contributed by atoms with Crippen molar-refractivity contribution in [3.63, 3.8) is 0 Å². The number of hydrogen-bond donors (Lipinski definition) is 0. The van der Waals surface area contributed by atoms with Crippen molar-refractivity contribution in [3.05, 3.63) is 66.0 Å². The molecule has 1 atom stereocenters. The second kappa shape index (κ2) is 6.55. The lowest BCUT2D eigenvalue weighted by Gasteiger charge is -2.09. The Morgan fingerprint density at radius 2 is 1.76 bits per heavy atom. The lowest BCUT2D eigenvalue weighted by molar-refractivity contribution is 0.718. The first-order chi connectivity index (χ1) is 8.36. The number of hydrogen-bond acceptors (Lipinski definition) is 1. The van der Waals surface area contributed by atoms with Crippen LogP contribution in [0.3, 0.4) is 0 Å².